The third kappa shape index (κ3) is 1.93. The van der Waals surface area contributed by atoms with Crippen molar-refractivity contribution in [2.24, 2.45) is 0 Å². The Bertz CT molecular complexity index is 521. The molecule has 6 heteroatoms. The molecule has 3 nitrogen and oxygen atoms in total. The van der Waals surface area contributed by atoms with Crippen LogP contribution in [-0.2, 0) is 6.18 Å². The quantitative estimate of drug-likeness (QED) is 0.759. The molecule has 0 bridgehead atoms. The predicted octanol–water partition coefficient (Wildman–Crippen LogP) is 2.57. The number of hydrogen-bond donors (Lipinski definition) is 0. The molecule has 0 aromatic carbocycles. The van der Waals surface area contributed by atoms with Crippen molar-refractivity contribution in [1.82, 2.24) is 4.98 Å². The molecule has 0 unspecified atom stereocenters. The third-order valence-electron chi connectivity index (χ3n) is 2.88. The number of nitrogens with zero attached hydrogens (tertiary/aromatic N) is 3. The molecule has 2 rings (SSSR count). The van der Waals surface area contributed by atoms with Gasteiger partial charge in [-0.05, 0) is 19.4 Å². The average molecular weight is 242 g/mol. The molecule has 0 radical (unpaired) electrons. The van der Waals surface area contributed by atoms with Gasteiger partial charge in [0, 0.05) is 18.8 Å². The van der Waals surface area contributed by atoms with Gasteiger partial charge in [0.1, 0.15) is 17.5 Å². The Morgan fingerprint density at radius 3 is 2.76 bits per heavy atom. The minimum absolute atomic E-state index is 0.0314. The second-order valence-electron chi connectivity index (χ2n) is 3.94. The van der Waals surface area contributed by atoms with Gasteiger partial charge < -0.3 is 4.90 Å². The van der Waals surface area contributed by atoms with Gasteiger partial charge in [0.15, 0.2) is 0 Å². The molecular formula is C11H10F3N3. The number of rotatable bonds is 1. The molecule has 1 aromatic heterocycles. The van der Waals surface area contributed by atoms with Crippen LogP contribution in [0.2, 0.25) is 0 Å². The van der Waals surface area contributed by atoms with Crippen molar-refractivity contribution in [2.45, 2.75) is 25.6 Å². The first-order chi connectivity index (χ1) is 8.34. The molecule has 2 heterocycles. The zero-order valence-electron chi connectivity index (χ0n) is 10.0. The number of nitriles is 1. The van der Waals surface area contributed by atoms with Gasteiger partial charge in [0.2, 0.25) is 0 Å². The van der Waals surface area contributed by atoms with Gasteiger partial charge in [-0.25, -0.2) is 4.98 Å². The molecule has 1 fully saturated rings. The van der Waals surface area contributed by atoms with Crippen LogP contribution in [0.5, 0.6) is 0 Å². The number of pyridine rings is 1. The van der Waals surface area contributed by atoms with Crippen LogP contribution in [0.1, 0.15) is 25.8 Å². The molecule has 0 saturated carbocycles. The number of halogens is 3. The van der Waals surface area contributed by atoms with Crippen molar-refractivity contribution in [3.63, 3.8) is 0 Å². The van der Waals surface area contributed by atoms with Crippen molar-refractivity contribution in [3.8, 4) is 6.07 Å². The molecule has 0 spiro atoms. The summed E-state index contributed by atoms with van der Waals surface area (Å²) in [4.78, 5) is 5.38. The summed E-state index contributed by atoms with van der Waals surface area (Å²) in [7, 11) is 0. The SMILES string of the molecule is [2H]c1cc(C(F)(F)F)c(C#N)c(N2CC[C@@H]2C)n1. The highest BCUT2D eigenvalue weighted by molar-refractivity contribution is 5.59. The van der Waals surface area contributed by atoms with E-state index in [0.717, 1.165) is 6.42 Å². The van der Waals surface area contributed by atoms with Gasteiger partial charge in [0.05, 0.1) is 6.93 Å². The van der Waals surface area contributed by atoms with E-state index >= 15 is 0 Å². The van der Waals surface area contributed by atoms with Gasteiger partial charge in [-0.15, -0.1) is 0 Å². The fourth-order valence-electron chi connectivity index (χ4n) is 1.78. The molecule has 0 amide bonds. The zero-order chi connectivity index (χ0) is 13.5. The molecule has 0 N–H and O–H groups in total. The lowest BCUT2D eigenvalue weighted by molar-refractivity contribution is -0.137. The molecule has 1 saturated heterocycles. The second-order valence-corrected chi connectivity index (χ2v) is 3.94. The van der Waals surface area contributed by atoms with Gasteiger partial charge >= 0.3 is 6.18 Å². The van der Waals surface area contributed by atoms with E-state index in [4.69, 9.17) is 6.63 Å². The van der Waals surface area contributed by atoms with Crippen molar-refractivity contribution in [3.05, 3.63) is 23.4 Å². The Morgan fingerprint density at radius 2 is 2.35 bits per heavy atom. The van der Waals surface area contributed by atoms with E-state index in [1.165, 1.54) is 0 Å². The molecule has 90 valence electrons. The van der Waals surface area contributed by atoms with E-state index in [-0.39, 0.29) is 11.9 Å². The Kier molecular flexibility index (Phi) is 2.39. The summed E-state index contributed by atoms with van der Waals surface area (Å²) in [5.74, 6) is -0.0314. The summed E-state index contributed by atoms with van der Waals surface area (Å²) >= 11 is 0. The minimum Gasteiger partial charge on any atom is -0.353 e. The van der Waals surface area contributed by atoms with Crippen LogP contribution in [-0.4, -0.2) is 17.6 Å². The highest BCUT2D eigenvalue weighted by atomic mass is 19.4. The molecule has 17 heavy (non-hydrogen) atoms. The first kappa shape index (κ1) is 10.4. The molecule has 1 aliphatic rings. The van der Waals surface area contributed by atoms with Crippen molar-refractivity contribution in [2.75, 3.05) is 11.4 Å². The fourth-order valence-corrected chi connectivity index (χ4v) is 1.78. The van der Waals surface area contributed by atoms with Crippen LogP contribution in [0.25, 0.3) is 0 Å². The standard InChI is InChI=1S/C11H10F3N3/c1-7-3-5-17(7)10-8(6-15)9(2-4-16-10)11(12,13)14/h2,4,7H,3,5H2,1H3/t7-/m0/s1/i4D. The maximum atomic E-state index is 12.8. The van der Waals surface area contributed by atoms with E-state index in [1.807, 2.05) is 6.92 Å². The second kappa shape index (κ2) is 3.91. The average Bonchev–Trinajstić information content (AvgIpc) is 2.25. The Hall–Kier alpha value is -1.77. The van der Waals surface area contributed by atoms with E-state index in [2.05, 4.69) is 4.98 Å². The van der Waals surface area contributed by atoms with Crippen molar-refractivity contribution < 1.29 is 14.5 Å². The van der Waals surface area contributed by atoms with E-state index in [0.29, 0.717) is 12.6 Å². The van der Waals surface area contributed by atoms with Crippen molar-refractivity contribution in [1.29, 1.82) is 5.26 Å². The largest absolute Gasteiger partial charge is 0.417 e. The monoisotopic (exact) mass is 242 g/mol. The maximum absolute atomic E-state index is 12.8. The first-order valence-corrected chi connectivity index (χ1v) is 5.10. The molecular weight excluding hydrogens is 231 g/mol. The highest BCUT2D eigenvalue weighted by Crippen LogP contribution is 2.36. The normalized spacial score (nSPS) is 20.5. The van der Waals surface area contributed by atoms with E-state index in [1.54, 1.807) is 11.0 Å². The van der Waals surface area contributed by atoms with E-state index in [9.17, 15) is 13.2 Å². The minimum atomic E-state index is -4.65. The third-order valence-corrected chi connectivity index (χ3v) is 2.88. The van der Waals surface area contributed by atoms with Crippen molar-refractivity contribution >= 4 is 5.82 Å². The first-order valence-electron chi connectivity index (χ1n) is 5.60. The highest BCUT2D eigenvalue weighted by Gasteiger charge is 2.37. The summed E-state index contributed by atoms with van der Waals surface area (Å²) in [5.41, 5.74) is -1.58. The molecule has 1 aliphatic heterocycles. The fraction of sp³-hybridized carbons (Fsp3) is 0.455. The topological polar surface area (TPSA) is 39.9 Å². The summed E-state index contributed by atoms with van der Waals surface area (Å²) in [6.07, 6.45) is -4.28. The Labute approximate surface area is 97.9 Å². The molecule has 1 atom stereocenters. The smallest absolute Gasteiger partial charge is 0.353 e. The van der Waals surface area contributed by atoms with Gasteiger partial charge in [-0.3, -0.25) is 0 Å². The number of aromatic nitrogens is 1. The van der Waals surface area contributed by atoms with Gasteiger partial charge in [0.25, 0.3) is 0 Å². The van der Waals surface area contributed by atoms with Crippen LogP contribution in [0, 0.1) is 11.3 Å². The Balaban J connectivity index is 2.60. The van der Waals surface area contributed by atoms with Crippen LogP contribution in [0.4, 0.5) is 19.0 Å². The van der Waals surface area contributed by atoms with Crippen LogP contribution < -0.4 is 4.90 Å². The van der Waals surface area contributed by atoms with Crippen LogP contribution in [0.3, 0.4) is 0 Å². The van der Waals surface area contributed by atoms with Gasteiger partial charge in [-0.2, -0.15) is 18.4 Å². The Morgan fingerprint density at radius 1 is 1.65 bits per heavy atom. The lowest BCUT2D eigenvalue weighted by Gasteiger charge is -2.40. The molecule has 1 aromatic rings. The number of anilines is 1. The summed E-state index contributed by atoms with van der Waals surface area (Å²) in [6, 6.07) is 2.20. The number of hydrogen-bond acceptors (Lipinski definition) is 3. The molecule has 0 aliphatic carbocycles. The number of alkyl halides is 3. The summed E-state index contributed by atoms with van der Waals surface area (Å²) in [5, 5.41) is 8.93. The van der Waals surface area contributed by atoms with Crippen LogP contribution >= 0.6 is 0 Å². The van der Waals surface area contributed by atoms with Crippen LogP contribution in [0.15, 0.2) is 12.2 Å². The van der Waals surface area contributed by atoms with Gasteiger partial charge in [-0.1, -0.05) is 0 Å². The lowest BCUT2D eigenvalue weighted by atomic mass is 10.0. The summed E-state index contributed by atoms with van der Waals surface area (Å²) in [6.45, 7) is 2.40. The maximum Gasteiger partial charge on any atom is 0.417 e. The zero-order valence-corrected chi connectivity index (χ0v) is 9.04. The van der Waals surface area contributed by atoms with E-state index < -0.39 is 23.5 Å². The summed E-state index contributed by atoms with van der Waals surface area (Å²) < 4.78 is 45.7. The lowest BCUT2D eigenvalue weighted by Crippen LogP contribution is -2.46. The predicted molar refractivity (Wildman–Crippen MR) is 55.4 cm³/mol.